The fourth-order valence-electron chi connectivity index (χ4n) is 5.45. The van der Waals surface area contributed by atoms with Gasteiger partial charge < -0.3 is 10.2 Å². The molecule has 8 heteroatoms. The number of rotatable bonds is 11. The third kappa shape index (κ3) is 8.85. The number of carbonyl (C=O) groups is 2. The average Bonchev–Trinajstić information content (AvgIpc) is 2.98. The van der Waals surface area contributed by atoms with E-state index in [0.29, 0.717) is 5.69 Å². The van der Waals surface area contributed by atoms with Crippen LogP contribution in [0.25, 0.3) is 0 Å². The Hall–Kier alpha value is -4.43. The molecular formula is C38H45N3O4S. The maximum atomic E-state index is 14.7. The van der Waals surface area contributed by atoms with Gasteiger partial charge in [-0.3, -0.25) is 13.9 Å². The van der Waals surface area contributed by atoms with Crippen LogP contribution in [0.3, 0.4) is 0 Å². The molecule has 0 aliphatic carbocycles. The normalized spacial score (nSPS) is 12.3. The number of carbonyl (C=O) groups excluding carboxylic acids is 2. The Labute approximate surface area is 274 Å². The van der Waals surface area contributed by atoms with Crippen LogP contribution >= 0.6 is 0 Å². The zero-order valence-corrected chi connectivity index (χ0v) is 28.7. The first-order valence-corrected chi connectivity index (χ1v) is 17.0. The number of hydrogen-bond donors (Lipinski definition) is 1. The molecule has 0 saturated heterocycles. The van der Waals surface area contributed by atoms with Crippen molar-refractivity contribution < 1.29 is 18.0 Å². The number of anilines is 1. The van der Waals surface area contributed by atoms with Crippen LogP contribution in [-0.4, -0.2) is 43.3 Å². The van der Waals surface area contributed by atoms with Crippen molar-refractivity contribution in [3.05, 3.63) is 130 Å². The summed E-state index contributed by atoms with van der Waals surface area (Å²) in [5.74, 6) is -0.793. The lowest BCUT2D eigenvalue weighted by molar-refractivity contribution is -0.140. The minimum atomic E-state index is -4.16. The molecule has 0 fully saturated rings. The number of amides is 2. The van der Waals surface area contributed by atoms with Gasteiger partial charge in [0.2, 0.25) is 11.8 Å². The molecule has 7 nitrogen and oxygen atoms in total. The Morgan fingerprint density at radius 1 is 0.739 bits per heavy atom. The molecule has 4 aromatic rings. The molecule has 0 bridgehead atoms. The van der Waals surface area contributed by atoms with Gasteiger partial charge in [-0.1, -0.05) is 95.6 Å². The van der Waals surface area contributed by atoms with Gasteiger partial charge in [0.05, 0.1) is 10.6 Å². The molecule has 0 aliphatic heterocycles. The van der Waals surface area contributed by atoms with Gasteiger partial charge in [0, 0.05) is 18.5 Å². The zero-order chi connectivity index (χ0) is 33.6. The first kappa shape index (κ1) is 34.4. The predicted molar refractivity (Wildman–Crippen MR) is 185 cm³/mol. The molecule has 1 N–H and O–H groups in total. The third-order valence-corrected chi connectivity index (χ3v) is 9.49. The van der Waals surface area contributed by atoms with E-state index in [-0.39, 0.29) is 23.8 Å². The highest BCUT2D eigenvalue weighted by molar-refractivity contribution is 7.92. The van der Waals surface area contributed by atoms with Crippen molar-refractivity contribution in [2.24, 2.45) is 0 Å². The van der Waals surface area contributed by atoms with Gasteiger partial charge in [-0.25, -0.2) is 8.42 Å². The number of benzene rings is 4. The van der Waals surface area contributed by atoms with E-state index in [0.717, 1.165) is 33.4 Å². The first-order chi connectivity index (χ1) is 21.6. The van der Waals surface area contributed by atoms with Crippen LogP contribution < -0.4 is 9.62 Å². The Bertz CT molecular complexity index is 1780. The minimum absolute atomic E-state index is 0.0856. The van der Waals surface area contributed by atoms with Crippen LogP contribution in [-0.2, 0) is 32.6 Å². The summed E-state index contributed by atoms with van der Waals surface area (Å²) in [7, 11) is -4.16. The Morgan fingerprint density at radius 3 is 1.96 bits per heavy atom. The maximum absolute atomic E-state index is 14.7. The minimum Gasteiger partial charge on any atom is -0.350 e. The summed E-state index contributed by atoms with van der Waals surface area (Å²) in [5, 5.41) is 3.07. The molecule has 0 radical (unpaired) electrons. The van der Waals surface area contributed by atoms with Crippen LogP contribution in [0.2, 0.25) is 0 Å². The Morgan fingerprint density at radius 2 is 1.35 bits per heavy atom. The summed E-state index contributed by atoms with van der Waals surface area (Å²) >= 11 is 0. The molecule has 0 spiro atoms. The summed E-state index contributed by atoms with van der Waals surface area (Å²) in [5.41, 5.74) is 5.22. The third-order valence-electron chi connectivity index (χ3n) is 7.71. The number of sulfonamides is 1. The van der Waals surface area contributed by atoms with Crippen LogP contribution in [0.4, 0.5) is 5.69 Å². The number of nitrogens with one attached hydrogen (secondary N) is 1. The molecule has 2 amide bonds. The largest absolute Gasteiger partial charge is 0.350 e. The molecular weight excluding hydrogens is 595 g/mol. The van der Waals surface area contributed by atoms with Crippen molar-refractivity contribution in [2.75, 3.05) is 10.8 Å². The van der Waals surface area contributed by atoms with E-state index in [1.54, 1.807) is 30.3 Å². The van der Waals surface area contributed by atoms with E-state index in [9.17, 15) is 18.0 Å². The zero-order valence-electron chi connectivity index (χ0n) is 27.9. The van der Waals surface area contributed by atoms with Gasteiger partial charge in [0.25, 0.3) is 10.0 Å². The van der Waals surface area contributed by atoms with E-state index in [1.165, 1.54) is 9.21 Å². The second kappa shape index (κ2) is 14.3. The molecule has 0 aliphatic rings. The lowest BCUT2D eigenvalue weighted by atomic mass is 10.0. The molecule has 0 saturated carbocycles. The van der Waals surface area contributed by atoms with Crippen molar-refractivity contribution in [1.82, 2.24) is 10.2 Å². The van der Waals surface area contributed by atoms with Crippen molar-refractivity contribution in [3.8, 4) is 0 Å². The Kier molecular flexibility index (Phi) is 10.7. The monoisotopic (exact) mass is 639 g/mol. The van der Waals surface area contributed by atoms with Gasteiger partial charge in [0.1, 0.15) is 12.6 Å². The summed E-state index contributed by atoms with van der Waals surface area (Å²) < 4.78 is 29.8. The van der Waals surface area contributed by atoms with Crippen molar-refractivity contribution in [1.29, 1.82) is 0 Å². The van der Waals surface area contributed by atoms with Crippen LogP contribution in [0.15, 0.2) is 102 Å². The van der Waals surface area contributed by atoms with Gasteiger partial charge in [0.15, 0.2) is 0 Å². The number of hydrogen-bond acceptors (Lipinski definition) is 4. The number of aryl methyl sites for hydroxylation is 4. The van der Waals surface area contributed by atoms with Crippen molar-refractivity contribution in [3.63, 3.8) is 0 Å². The lowest BCUT2D eigenvalue weighted by Gasteiger charge is -2.35. The molecule has 1 atom stereocenters. The van der Waals surface area contributed by atoms with Gasteiger partial charge >= 0.3 is 0 Å². The van der Waals surface area contributed by atoms with Crippen LogP contribution in [0.5, 0.6) is 0 Å². The summed E-state index contributed by atoms with van der Waals surface area (Å²) in [6, 6.07) is 28.5. The van der Waals surface area contributed by atoms with Crippen molar-refractivity contribution in [2.45, 2.75) is 77.9 Å². The fourth-order valence-corrected chi connectivity index (χ4v) is 6.93. The summed E-state index contributed by atoms with van der Waals surface area (Å²) in [4.78, 5) is 30.3. The molecule has 46 heavy (non-hydrogen) atoms. The number of nitrogens with zero attached hydrogens (tertiary/aromatic N) is 2. The molecule has 242 valence electrons. The lowest BCUT2D eigenvalue weighted by Crippen LogP contribution is -2.56. The van der Waals surface area contributed by atoms with Crippen molar-refractivity contribution >= 4 is 27.5 Å². The molecule has 0 heterocycles. The van der Waals surface area contributed by atoms with E-state index in [1.807, 2.05) is 115 Å². The van der Waals surface area contributed by atoms with Gasteiger partial charge in [-0.05, 0) is 83.4 Å². The second-order valence-electron chi connectivity index (χ2n) is 13.1. The molecule has 0 unspecified atom stereocenters. The Balaban J connectivity index is 1.84. The quantitative estimate of drug-likeness (QED) is 0.199. The second-order valence-corrected chi connectivity index (χ2v) is 14.9. The highest BCUT2D eigenvalue weighted by atomic mass is 32.2. The van der Waals surface area contributed by atoms with E-state index >= 15 is 0 Å². The highest BCUT2D eigenvalue weighted by Gasteiger charge is 2.36. The fraction of sp³-hybridized carbons (Fsp3) is 0.316. The summed E-state index contributed by atoms with van der Waals surface area (Å²) in [6.45, 7) is 13.0. The van der Waals surface area contributed by atoms with Gasteiger partial charge in [-0.15, -0.1) is 0 Å². The average molecular weight is 640 g/mol. The topological polar surface area (TPSA) is 86.8 Å². The molecule has 4 aromatic carbocycles. The standard InChI is InChI=1S/C38H45N3O4S/c1-27-16-19-33(20-17-27)46(44,45)41(34-21-18-29(3)22-30(34)4)26-36(42)40(25-32-15-11-12-28(2)23-32)35(37(43)39-38(5,6)7)24-31-13-9-8-10-14-31/h8-23,35H,24-26H2,1-7H3,(H,39,43)/t35-/m0/s1. The highest BCUT2D eigenvalue weighted by Crippen LogP contribution is 2.29. The predicted octanol–water partition coefficient (Wildman–Crippen LogP) is 6.67. The van der Waals surface area contributed by atoms with Gasteiger partial charge in [-0.2, -0.15) is 0 Å². The van der Waals surface area contributed by atoms with Crippen LogP contribution in [0.1, 0.15) is 54.2 Å². The van der Waals surface area contributed by atoms with E-state index < -0.39 is 34.1 Å². The maximum Gasteiger partial charge on any atom is 0.264 e. The smallest absolute Gasteiger partial charge is 0.264 e. The van der Waals surface area contributed by atoms with E-state index in [4.69, 9.17) is 0 Å². The molecule has 4 rings (SSSR count). The molecule has 0 aromatic heterocycles. The van der Waals surface area contributed by atoms with E-state index in [2.05, 4.69) is 5.32 Å². The SMILES string of the molecule is Cc1ccc(S(=O)(=O)N(CC(=O)N(Cc2cccc(C)c2)[C@@H](Cc2ccccc2)C(=O)NC(C)(C)C)c2ccc(C)cc2C)cc1. The van der Waals surface area contributed by atoms with Crippen LogP contribution in [0, 0.1) is 27.7 Å². The summed E-state index contributed by atoms with van der Waals surface area (Å²) in [6.07, 6.45) is 0.259. The first-order valence-electron chi connectivity index (χ1n) is 15.5.